The van der Waals surface area contributed by atoms with E-state index in [1.165, 1.54) is 0 Å². The van der Waals surface area contributed by atoms with E-state index in [1.54, 1.807) is 20.3 Å². The Bertz CT molecular complexity index is 561. The Balaban J connectivity index is 2.22. The number of methoxy groups -OCH3 is 2. The summed E-state index contributed by atoms with van der Waals surface area (Å²) in [6.07, 6.45) is -0.0660. The number of hydrogen-bond acceptors (Lipinski definition) is 3. The van der Waals surface area contributed by atoms with Gasteiger partial charge in [-0.05, 0) is 35.4 Å². The average Bonchev–Trinajstić information content (AvgIpc) is 2.46. The fraction of sp³-hybridized carbons (Fsp3) is 0.250. The first-order chi connectivity index (χ1) is 9.62. The number of aliphatic hydroxyl groups excluding tert-OH is 1. The van der Waals surface area contributed by atoms with E-state index in [4.69, 9.17) is 9.47 Å². The molecule has 0 heterocycles. The van der Waals surface area contributed by atoms with Crippen LogP contribution in [0.2, 0.25) is 0 Å². The maximum absolute atomic E-state index is 10.4. The minimum absolute atomic E-state index is 0.537. The lowest BCUT2D eigenvalue weighted by molar-refractivity contribution is 0.177. The lowest BCUT2D eigenvalue weighted by Gasteiger charge is -2.14. The van der Waals surface area contributed by atoms with Gasteiger partial charge in [-0.2, -0.15) is 0 Å². The van der Waals surface area contributed by atoms with Gasteiger partial charge in [0.05, 0.1) is 20.3 Å². The largest absolute Gasteiger partial charge is 0.497 e. The normalized spacial score (nSPS) is 12.0. The highest BCUT2D eigenvalue weighted by molar-refractivity contribution is 9.10. The molecule has 106 valence electrons. The third kappa shape index (κ3) is 3.74. The Labute approximate surface area is 127 Å². The minimum Gasteiger partial charge on any atom is -0.497 e. The molecule has 0 amide bonds. The molecule has 20 heavy (non-hydrogen) atoms. The molecule has 0 aromatic heterocycles. The first-order valence-corrected chi connectivity index (χ1v) is 7.07. The van der Waals surface area contributed by atoms with E-state index in [0.717, 1.165) is 15.6 Å². The maximum Gasteiger partial charge on any atom is 0.122 e. The third-order valence-electron chi connectivity index (χ3n) is 3.08. The molecule has 1 unspecified atom stereocenters. The number of aliphatic hydroxyl groups is 1. The standard InChI is InChI=1S/C16H17BrO3/c1-19-14-8-12(9-15(10-14)20-2)16(18)7-11-4-3-5-13(17)6-11/h3-6,8-10,16,18H,7H2,1-2H3. The molecule has 2 aromatic rings. The van der Waals surface area contributed by atoms with Gasteiger partial charge in [0.1, 0.15) is 11.5 Å². The van der Waals surface area contributed by atoms with Crippen LogP contribution in [0.5, 0.6) is 11.5 Å². The molecule has 1 atom stereocenters. The van der Waals surface area contributed by atoms with Crippen LogP contribution in [0.15, 0.2) is 46.9 Å². The van der Waals surface area contributed by atoms with Crippen LogP contribution in [0.4, 0.5) is 0 Å². The van der Waals surface area contributed by atoms with Crippen molar-refractivity contribution >= 4 is 15.9 Å². The number of ether oxygens (including phenoxy) is 2. The summed E-state index contributed by atoms with van der Waals surface area (Å²) in [5.74, 6) is 1.35. The summed E-state index contributed by atoms with van der Waals surface area (Å²) in [7, 11) is 3.19. The van der Waals surface area contributed by atoms with Crippen LogP contribution >= 0.6 is 15.9 Å². The van der Waals surface area contributed by atoms with Crippen LogP contribution in [0, 0.1) is 0 Å². The van der Waals surface area contributed by atoms with E-state index in [-0.39, 0.29) is 0 Å². The van der Waals surface area contributed by atoms with Crippen molar-refractivity contribution in [2.75, 3.05) is 14.2 Å². The summed E-state index contributed by atoms with van der Waals surface area (Å²) in [4.78, 5) is 0. The second-order valence-electron chi connectivity index (χ2n) is 4.50. The number of hydrogen-bond donors (Lipinski definition) is 1. The Morgan fingerprint density at radius 3 is 2.25 bits per heavy atom. The van der Waals surface area contributed by atoms with E-state index >= 15 is 0 Å². The molecule has 0 aliphatic rings. The van der Waals surface area contributed by atoms with Gasteiger partial charge in [0.25, 0.3) is 0 Å². The van der Waals surface area contributed by atoms with Crippen LogP contribution in [0.3, 0.4) is 0 Å². The monoisotopic (exact) mass is 336 g/mol. The fourth-order valence-electron chi connectivity index (χ4n) is 2.03. The van der Waals surface area contributed by atoms with Crippen molar-refractivity contribution in [2.24, 2.45) is 0 Å². The van der Waals surface area contributed by atoms with Gasteiger partial charge in [0.15, 0.2) is 0 Å². The summed E-state index contributed by atoms with van der Waals surface area (Å²) >= 11 is 3.43. The topological polar surface area (TPSA) is 38.7 Å². The molecule has 0 aliphatic heterocycles. The Morgan fingerprint density at radius 1 is 1.05 bits per heavy atom. The molecule has 2 aromatic carbocycles. The predicted octanol–water partition coefficient (Wildman–Crippen LogP) is 3.74. The van der Waals surface area contributed by atoms with Gasteiger partial charge < -0.3 is 14.6 Å². The zero-order valence-electron chi connectivity index (χ0n) is 11.5. The molecule has 3 nitrogen and oxygen atoms in total. The van der Waals surface area contributed by atoms with Crippen molar-refractivity contribution in [3.8, 4) is 11.5 Å². The number of rotatable bonds is 5. The second-order valence-corrected chi connectivity index (χ2v) is 5.41. The molecular formula is C16H17BrO3. The van der Waals surface area contributed by atoms with Crippen LogP contribution < -0.4 is 9.47 Å². The molecule has 2 rings (SSSR count). The van der Waals surface area contributed by atoms with Crippen LogP contribution in [0.25, 0.3) is 0 Å². The molecule has 0 fully saturated rings. The zero-order valence-corrected chi connectivity index (χ0v) is 13.1. The van der Waals surface area contributed by atoms with Gasteiger partial charge in [0.2, 0.25) is 0 Å². The molecule has 0 aliphatic carbocycles. The van der Waals surface area contributed by atoms with Gasteiger partial charge in [0, 0.05) is 17.0 Å². The summed E-state index contributed by atoms with van der Waals surface area (Å²) in [5, 5.41) is 10.4. The summed E-state index contributed by atoms with van der Waals surface area (Å²) in [5.41, 5.74) is 1.84. The molecule has 0 radical (unpaired) electrons. The molecule has 0 bridgehead atoms. The third-order valence-corrected chi connectivity index (χ3v) is 3.57. The van der Waals surface area contributed by atoms with E-state index in [2.05, 4.69) is 15.9 Å². The summed E-state index contributed by atoms with van der Waals surface area (Å²) < 4.78 is 11.4. The van der Waals surface area contributed by atoms with Gasteiger partial charge in [-0.3, -0.25) is 0 Å². The Morgan fingerprint density at radius 2 is 1.70 bits per heavy atom. The van der Waals surface area contributed by atoms with Gasteiger partial charge in [-0.1, -0.05) is 28.1 Å². The van der Waals surface area contributed by atoms with Gasteiger partial charge >= 0.3 is 0 Å². The van der Waals surface area contributed by atoms with E-state index in [1.807, 2.05) is 36.4 Å². The molecule has 4 heteroatoms. The number of benzene rings is 2. The van der Waals surface area contributed by atoms with Crippen molar-refractivity contribution in [3.05, 3.63) is 58.1 Å². The van der Waals surface area contributed by atoms with E-state index in [0.29, 0.717) is 17.9 Å². The highest BCUT2D eigenvalue weighted by atomic mass is 79.9. The predicted molar refractivity (Wildman–Crippen MR) is 82.4 cm³/mol. The highest BCUT2D eigenvalue weighted by Crippen LogP contribution is 2.28. The quantitative estimate of drug-likeness (QED) is 0.903. The summed E-state index contributed by atoms with van der Waals surface area (Å²) in [6, 6.07) is 13.3. The molecule has 1 N–H and O–H groups in total. The van der Waals surface area contributed by atoms with Crippen LogP contribution in [-0.2, 0) is 6.42 Å². The zero-order chi connectivity index (χ0) is 14.5. The maximum atomic E-state index is 10.4. The van der Waals surface area contributed by atoms with Crippen LogP contribution in [-0.4, -0.2) is 19.3 Å². The molecule has 0 saturated carbocycles. The van der Waals surface area contributed by atoms with Crippen molar-refractivity contribution in [3.63, 3.8) is 0 Å². The SMILES string of the molecule is COc1cc(OC)cc(C(O)Cc2cccc(Br)c2)c1. The van der Waals surface area contributed by atoms with Crippen molar-refractivity contribution in [2.45, 2.75) is 12.5 Å². The highest BCUT2D eigenvalue weighted by Gasteiger charge is 2.12. The number of halogens is 1. The second kappa shape index (κ2) is 6.77. The van der Waals surface area contributed by atoms with Crippen molar-refractivity contribution in [1.29, 1.82) is 0 Å². The summed E-state index contributed by atoms with van der Waals surface area (Å²) in [6.45, 7) is 0. The molecule has 0 spiro atoms. The smallest absolute Gasteiger partial charge is 0.122 e. The first-order valence-electron chi connectivity index (χ1n) is 6.28. The Hall–Kier alpha value is -1.52. The lowest BCUT2D eigenvalue weighted by Crippen LogP contribution is -2.03. The van der Waals surface area contributed by atoms with E-state index in [9.17, 15) is 5.11 Å². The van der Waals surface area contributed by atoms with Crippen molar-refractivity contribution < 1.29 is 14.6 Å². The van der Waals surface area contributed by atoms with Gasteiger partial charge in [-0.25, -0.2) is 0 Å². The molecule has 0 saturated heterocycles. The van der Waals surface area contributed by atoms with Crippen LogP contribution in [0.1, 0.15) is 17.2 Å². The molecular weight excluding hydrogens is 320 g/mol. The minimum atomic E-state index is -0.603. The average molecular weight is 337 g/mol. The van der Waals surface area contributed by atoms with Crippen molar-refractivity contribution in [1.82, 2.24) is 0 Å². The first kappa shape index (κ1) is 14.9. The Kier molecular flexibility index (Phi) is 5.04. The fourth-order valence-corrected chi connectivity index (χ4v) is 2.47. The van der Waals surface area contributed by atoms with Gasteiger partial charge in [-0.15, -0.1) is 0 Å². The lowest BCUT2D eigenvalue weighted by atomic mass is 10.0. The van der Waals surface area contributed by atoms with E-state index < -0.39 is 6.10 Å².